The zero-order valence-electron chi connectivity index (χ0n) is 15.3. The average Bonchev–Trinajstić information content (AvgIpc) is 2.53. The van der Waals surface area contributed by atoms with E-state index < -0.39 is 16.4 Å². The Balaban J connectivity index is 3.11. The highest BCUT2D eigenvalue weighted by molar-refractivity contribution is 5.89. The minimum Gasteiger partial charge on any atom is -0.469 e. The Labute approximate surface area is 139 Å². The Morgan fingerprint density at radius 3 is 2.00 bits per heavy atom. The molecule has 1 amide bonds. The van der Waals surface area contributed by atoms with Gasteiger partial charge in [0, 0.05) is 5.54 Å². The maximum Gasteiger partial charge on any atom is 0.313 e. The Morgan fingerprint density at radius 1 is 1.04 bits per heavy atom. The number of amides is 1. The maximum atomic E-state index is 13.0. The molecule has 1 atom stereocenters. The van der Waals surface area contributed by atoms with Gasteiger partial charge in [-0.3, -0.25) is 9.59 Å². The van der Waals surface area contributed by atoms with Crippen LogP contribution >= 0.6 is 0 Å². The van der Waals surface area contributed by atoms with E-state index in [9.17, 15) is 9.59 Å². The Hall–Kier alpha value is -1.84. The Bertz CT molecular complexity index is 563. The minimum atomic E-state index is -0.844. The molecule has 1 unspecified atom stereocenters. The van der Waals surface area contributed by atoms with E-state index in [0.717, 1.165) is 5.56 Å². The highest BCUT2D eigenvalue weighted by atomic mass is 16.5. The lowest BCUT2D eigenvalue weighted by molar-refractivity contribution is -0.156. The molecule has 0 aliphatic carbocycles. The molecule has 1 aromatic rings. The van der Waals surface area contributed by atoms with Crippen LogP contribution in [-0.4, -0.2) is 24.5 Å². The number of rotatable bonds is 6. The molecule has 0 saturated heterocycles. The molecule has 1 rings (SSSR count). The van der Waals surface area contributed by atoms with E-state index in [1.54, 1.807) is 13.8 Å². The van der Waals surface area contributed by atoms with Crippen LogP contribution in [0.3, 0.4) is 0 Å². The lowest BCUT2D eigenvalue weighted by Gasteiger charge is -2.42. The van der Waals surface area contributed by atoms with E-state index in [2.05, 4.69) is 5.32 Å². The van der Waals surface area contributed by atoms with Gasteiger partial charge in [-0.05, 0) is 46.6 Å². The minimum absolute atomic E-state index is 0.0896. The van der Waals surface area contributed by atoms with Crippen LogP contribution in [0, 0.1) is 5.41 Å². The van der Waals surface area contributed by atoms with Crippen molar-refractivity contribution in [3.63, 3.8) is 0 Å². The summed E-state index contributed by atoms with van der Waals surface area (Å²) in [7, 11) is 1.36. The molecular weight excluding hydrogens is 290 g/mol. The highest BCUT2D eigenvalue weighted by Gasteiger charge is 2.47. The molecule has 1 N–H and O–H groups in total. The second-order valence-electron chi connectivity index (χ2n) is 7.25. The molecule has 0 aliphatic rings. The molecule has 4 nitrogen and oxygen atoms in total. The van der Waals surface area contributed by atoms with Crippen molar-refractivity contribution in [3.8, 4) is 0 Å². The van der Waals surface area contributed by atoms with Gasteiger partial charge in [0.1, 0.15) is 0 Å². The Morgan fingerprint density at radius 2 is 1.57 bits per heavy atom. The smallest absolute Gasteiger partial charge is 0.313 e. The van der Waals surface area contributed by atoms with E-state index in [1.165, 1.54) is 7.11 Å². The molecule has 0 saturated carbocycles. The van der Waals surface area contributed by atoms with E-state index in [4.69, 9.17) is 4.74 Å². The lowest BCUT2D eigenvalue weighted by Crippen LogP contribution is -2.60. The zero-order chi connectivity index (χ0) is 17.9. The van der Waals surface area contributed by atoms with Crippen molar-refractivity contribution in [1.29, 1.82) is 0 Å². The van der Waals surface area contributed by atoms with Crippen LogP contribution in [0.15, 0.2) is 30.3 Å². The first-order valence-electron chi connectivity index (χ1n) is 7.99. The summed E-state index contributed by atoms with van der Waals surface area (Å²) in [5.74, 6) is -0.436. The van der Waals surface area contributed by atoms with Gasteiger partial charge in [-0.25, -0.2) is 0 Å². The molecule has 0 bridgehead atoms. The second-order valence-corrected chi connectivity index (χ2v) is 7.25. The van der Waals surface area contributed by atoms with Crippen molar-refractivity contribution in [2.24, 2.45) is 5.41 Å². The van der Waals surface area contributed by atoms with Crippen molar-refractivity contribution in [2.45, 2.75) is 58.9 Å². The third-order valence-electron chi connectivity index (χ3n) is 5.30. The van der Waals surface area contributed by atoms with Crippen molar-refractivity contribution in [2.75, 3.05) is 7.11 Å². The van der Waals surface area contributed by atoms with Crippen molar-refractivity contribution >= 4 is 11.9 Å². The zero-order valence-corrected chi connectivity index (χ0v) is 15.3. The number of hydrogen-bond acceptors (Lipinski definition) is 3. The summed E-state index contributed by atoms with van der Waals surface area (Å²) < 4.78 is 4.89. The first-order chi connectivity index (χ1) is 10.5. The number of benzene rings is 1. The van der Waals surface area contributed by atoms with Gasteiger partial charge in [-0.15, -0.1) is 0 Å². The number of hydrogen-bond donors (Lipinski definition) is 1. The molecule has 0 radical (unpaired) electrons. The SMILES string of the molecule is CCC(C)(C(=O)NC(C)(C)C(C)(C)C(=O)OC)c1ccccc1. The largest absolute Gasteiger partial charge is 0.469 e. The van der Waals surface area contributed by atoms with Crippen LogP contribution in [0.25, 0.3) is 0 Å². The van der Waals surface area contributed by atoms with E-state index in [1.807, 2.05) is 58.0 Å². The van der Waals surface area contributed by atoms with Gasteiger partial charge in [0.2, 0.25) is 5.91 Å². The second kappa shape index (κ2) is 6.73. The van der Waals surface area contributed by atoms with Crippen molar-refractivity contribution in [3.05, 3.63) is 35.9 Å². The summed E-state index contributed by atoms with van der Waals surface area (Å²) in [5.41, 5.74) is -1.28. The standard InChI is InChI=1S/C19H29NO3/c1-8-19(6,14-12-10-9-11-13-14)15(21)20-18(4,5)17(2,3)16(22)23-7/h9-13H,8H2,1-7H3,(H,20,21). The molecular formula is C19H29NO3. The van der Waals surface area contributed by atoms with Gasteiger partial charge in [-0.1, -0.05) is 37.3 Å². The summed E-state index contributed by atoms with van der Waals surface area (Å²) in [6, 6.07) is 9.71. The topological polar surface area (TPSA) is 55.4 Å². The molecule has 0 heterocycles. The summed E-state index contributed by atoms with van der Waals surface area (Å²) in [5, 5.41) is 3.06. The molecule has 1 aromatic carbocycles. The number of carbonyl (C=O) groups excluding carboxylic acids is 2. The van der Waals surface area contributed by atoms with E-state index in [0.29, 0.717) is 6.42 Å². The number of esters is 1. The molecule has 128 valence electrons. The van der Waals surface area contributed by atoms with E-state index in [-0.39, 0.29) is 11.9 Å². The summed E-state index contributed by atoms with van der Waals surface area (Å²) in [6.07, 6.45) is 0.664. The number of carbonyl (C=O) groups is 2. The third-order valence-corrected chi connectivity index (χ3v) is 5.30. The van der Waals surface area contributed by atoms with Gasteiger partial charge in [-0.2, -0.15) is 0 Å². The molecule has 23 heavy (non-hydrogen) atoms. The van der Waals surface area contributed by atoms with Gasteiger partial charge in [0.25, 0.3) is 0 Å². The predicted octanol–water partition coefficient (Wildman–Crippen LogP) is 3.45. The van der Waals surface area contributed by atoms with Gasteiger partial charge in [0.15, 0.2) is 0 Å². The molecule has 0 spiro atoms. The van der Waals surface area contributed by atoms with Gasteiger partial charge < -0.3 is 10.1 Å². The number of nitrogens with one attached hydrogen (secondary N) is 1. The average molecular weight is 319 g/mol. The van der Waals surface area contributed by atoms with Crippen LogP contribution < -0.4 is 5.32 Å². The first kappa shape index (κ1) is 19.2. The fraction of sp³-hybridized carbons (Fsp3) is 0.579. The summed E-state index contributed by atoms with van der Waals surface area (Å²) >= 11 is 0. The fourth-order valence-corrected chi connectivity index (χ4v) is 2.39. The summed E-state index contributed by atoms with van der Waals surface area (Å²) in [4.78, 5) is 25.1. The van der Waals surface area contributed by atoms with Crippen molar-refractivity contribution < 1.29 is 14.3 Å². The molecule has 0 aromatic heterocycles. The van der Waals surface area contributed by atoms with Crippen molar-refractivity contribution in [1.82, 2.24) is 5.32 Å². The maximum absolute atomic E-state index is 13.0. The highest BCUT2D eigenvalue weighted by Crippen LogP contribution is 2.34. The van der Waals surface area contributed by atoms with Gasteiger partial charge >= 0.3 is 5.97 Å². The molecule has 0 aliphatic heterocycles. The van der Waals surface area contributed by atoms with Crippen LogP contribution in [-0.2, 0) is 19.7 Å². The molecule has 0 fully saturated rings. The quantitative estimate of drug-likeness (QED) is 0.817. The lowest BCUT2D eigenvalue weighted by atomic mass is 9.72. The molecule has 4 heteroatoms. The predicted molar refractivity (Wildman–Crippen MR) is 92.1 cm³/mol. The first-order valence-corrected chi connectivity index (χ1v) is 7.99. The number of ether oxygens (including phenoxy) is 1. The van der Waals surface area contributed by atoms with Gasteiger partial charge in [0.05, 0.1) is 17.9 Å². The number of methoxy groups -OCH3 is 1. The van der Waals surface area contributed by atoms with Crippen LogP contribution in [0.2, 0.25) is 0 Å². The Kier molecular flexibility index (Phi) is 5.62. The third kappa shape index (κ3) is 3.57. The van der Waals surface area contributed by atoms with E-state index >= 15 is 0 Å². The summed E-state index contributed by atoms with van der Waals surface area (Å²) in [6.45, 7) is 11.2. The van der Waals surface area contributed by atoms with Crippen LogP contribution in [0.5, 0.6) is 0 Å². The van der Waals surface area contributed by atoms with Crippen LogP contribution in [0.1, 0.15) is 53.5 Å². The normalized spacial score (nSPS) is 14.7. The van der Waals surface area contributed by atoms with Crippen LogP contribution in [0.4, 0.5) is 0 Å². The monoisotopic (exact) mass is 319 g/mol. The fourth-order valence-electron chi connectivity index (χ4n) is 2.39.